The number of aromatic nitrogens is 7. The van der Waals surface area contributed by atoms with E-state index in [0.29, 0.717) is 21.6 Å². The third-order valence-corrected chi connectivity index (χ3v) is 5.39. The quantitative estimate of drug-likeness (QED) is 0.430. The third-order valence-electron chi connectivity index (χ3n) is 4.93. The molecule has 4 rings (SSSR count). The van der Waals surface area contributed by atoms with Crippen molar-refractivity contribution < 1.29 is 4.79 Å². The van der Waals surface area contributed by atoms with Gasteiger partial charge in [-0.1, -0.05) is 37.0 Å². The lowest BCUT2D eigenvalue weighted by Gasteiger charge is -2.16. The molecule has 0 aliphatic heterocycles. The lowest BCUT2D eigenvalue weighted by Crippen LogP contribution is -2.14. The molecule has 4 aromatic rings. The number of fused-ring (bicyclic) bond motifs is 1. The van der Waals surface area contributed by atoms with Crippen molar-refractivity contribution in [2.24, 2.45) is 0 Å². The van der Waals surface area contributed by atoms with Crippen molar-refractivity contribution in [1.82, 2.24) is 34.6 Å². The minimum absolute atomic E-state index is 0.0294. The van der Waals surface area contributed by atoms with Gasteiger partial charge in [-0.05, 0) is 29.5 Å². The molecule has 0 fully saturated rings. The first kappa shape index (κ1) is 20.4. The number of carbonyl (C=O) groups is 1. The Morgan fingerprint density at radius 3 is 2.57 bits per heavy atom. The minimum atomic E-state index is 0.0294. The van der Waals surface area contributed by atoms with Crippen LogP contribution in [-0.4, -0.2) is 40.4 Å². The van der Waals surface area contributed by atoms with Gasteiger partial charge in [-0.2, -0.15) is 15.3 Å². The van der Waals surface area contributed by atoms with E-state index < -0.39 is 0 Å². The fourth-order valence-corrected chi connectivity index (χ4v) is 3.79. The van der Waals surface area contributed by atoms with E-state index in [1.165, 1.54) is 4.80 Å². The molecule has 8 nitrogen and oxygen atoms in total. The second-order valence-electron chi connectivity index (χ2n) is 7.07. The number of carbonyl (C=O) groups excluding carboxylic acids is 1. The van der Waals surface area contributed by atoms with Gasteiger partial charge in [0.1, 0.15) is 5.78 Å². The van der Waals surface area contributed by atoms with Crippen LogP contribution in [0.2, 0.25) is 10.2 Å². The highest BCUT2D eigenvalue weighted by atomic mass is 35.5. The summed E-state index contributed by atoms with van der Waals surface area (Å²) in [6.45, 7) is 4.20. The highest BCUT2D eigenvalue weighted by molar-refractivity contribution is 6.32. The number of rotatable bonds is 7. The molecule has 0 radical (unpaired) electrons. The molecule has 4 aromatic heterocycles. The summed E-state index contributed by atoms with van der Waals surface area (Å²) in [6, 6.07) is 3.43. The van der Waals surface area contributed by atoms with E-state index in [4.69, 9.17) is 23.2 Å². The maximum atomic E-state index is 12.8. The van der Waals surface area contributed by atoms with E-state index >= 15 is 0 Å². The first-order valence-corrected chi connectivity index (χ1v) is 10.3. The SMILES string of the molecule is CCC(C)c1c(CC(=O)Cc2cnc(-n3nccn3)c(Cl)c2)cnc2cc(Cl)nn12. The third kappa shape index (κ3) is 4.06. The molecule has 0 amide bonds. The monoisotopic (exact) mass is 443 g/mol. The maximum absolute atomic E-state index is 12.8. The normalized spacial score (nSPS) is 12.4. The lowest BCUT2D eigenvalue weighted by molar-refractivity contribution is -0.117. The molecule has 0 aliphatic rings. The Morgan fingerprint density at radius 1 is 1.10 bits per heavy atom. The fraction of sp³-hybridized carbons (Fsp3) is 0.300. The van der Waals surface area contributed by atoms with Crippen LogP contribution in [-0.2, 0) is 17.6 Å². The predicted octanol–water partition coefficient (Wildman–Crippen LogP) is 3.88. The first-order valence-electron chi connectivity index (χ1n) is 9.52. The Kier molecular flexibility index (Phi) is 5.78. The number of halogens is 2. The molecule has 0 N–H and O–H groups in total. The summed E-state index contributed by atoms with van der Waals surface area (Å²) >= 11 is 12.4. The van der Waals surface area contributed by atoms with Crippen LogP contribution >= 0.6 is 23.2 Å². The van der Waals surface area contributed by atoms with Gasteiger partial charge in [0.25, 0.3) is 0 Å². The Morgan fingerprint density at radius 2 is 1.87 bits per heavy atom. The molecule has 4 heterocycles. The van der Waals surface area contributed by atoms with Crippen LogP contribution in [0.15, 0.2) is 36.9 Å². The Bertz CT molecular complexity index is 1200. The molecule has 154 valence electrons. The first-order chi connectivity index (χ1) is 14.5. The van der Waals surface area contributed by atoms with E-state index in [1.807, 2.05) is 0 Å². The van der Waals surface area contributed by atoms with E-state index in [9.17, 15) is 4.79 Å². The van der Waals surface area contributed by atoms with Gasteiger partial charge in [-0.25, -0.2) is 14.5 Å². The highest BCUT2D eigenvalue weighted by Crippen LogP contribution is 2.25. The van der Waals surface area contributed by atoms with Crippen LogP contribution < -0.4 is 0 Å². The molecular weight excluding hydrogens is 425 g/mol. The number of pyridine rings is 1. The topological polar surface area (TPSA) is 90.9 Å². The summed E-state index contributed by atoms with van der Waals surface area (Å²) in [7, 11) is 0. The highest BCUT2D eigenvalue weighted by Gasteiger charge is 2.19. The zero-order valence-corrected chi connectivity index (χ0v) is 18.0. The van der Waals surface area contributed by atoms with E-state index in [1.54, 1.807) is 41.4 Å². The zero-order valence-electron chi connectivity index (χ0n) is 16.5. The number of ketones is 1. The lowest BCUT2D eigenvalue weighted by atomic mass is 9.96. The average Bonchev–Trinajstić information content (AvgIpc) is 3.36. The Labute approximate surface area is 182 Å². The molecule has 1 unspecified atom stereocenters. The Balaban J connectivity index is 1.57. The number of nitrogens with zero attached hydrogens (tertiary/aromatic N) is 7. The van der Waals surface area contributed by atoms with Crippen molar-refractivity contribution in [2.45, 2.75) is 39.0 Å². The van der Waals surface area contributed by atoms with Crippen LogP contribution in [0.5, 0.6) is 0 Å². The van der Waals surface area contributed by atoms with Crippen molar-refractivity contribution in [3.05, 3.63) is 63.9 Å². The zero-order chi connectivity index (χ0) is 21.3. The summed E-state index contributed by atoms with van der Waals surface area (Å²) in [5.41, 5.74) is 3.20. The summed E-state index contributed by atoms with van der Waals surface area (Å²) in [6.07, 6.45) is 7.79. The van der Waals surface area contributed by atoms with Crippen LogP contribution in [0.25, 0.3) is 11.5 Å². The van der Waals surface area contributed by atoms with E-state index in [2.05, 4.69) is 39.1 Å². The summed E-state index contributed by atoms with van der Waals surface area (Å²) in [5.74, 6) is 0.648. The fourth-order valence-electron chi connectivity index (χ4n) is 3.36. The molecule has 1 atom stereocenters. The van der Waals surface area contributed by atoms with E-state index in [-0.39, 0.29) is 24.5 Å². The van der Waals surface area contributed by atoms with Gasteiger partial charge in [0.05, 0.1) is 23.1 Å². The molecule has 0 aliphatic carbocycles. The van der Waals surface area contributed by atoms with Crippen LogP contribution in [0.4, 0.5) is 0 Å². The van der Waals surface area contributed by atoms with Gasteiger partial charge in [-0.3, -0.25) is 4.79 Å². The number of hydrogen-bond acceptors (Lipinski definition) is 6. The average molecular weight is 444 g/mol. The largest absolute Gasteiger partial charge is 0.299 e. The molecular formula is C20H19Cl2N7O. The van der Waals surface area contributed by atoms with Crippen LogP contribution in [0.1, 0.15) is 43.0 Å². The molecule has 10 heteroatoms. The van der Waals surface area contributed by atoms with Crippen LogP contribution in [0, 0.1) is 0 Å². The van der Waals surface area contributed by atoms with Gasteiger partial charge in [0.2, 0.25) is 0 Å². The molecule has 0 spiro atoms. The second-order valence-corrected chi connectivity index (χ2v) is 7.87. The number of Topliss-reactive ketones (excluding diaryl/α,β-unsaturated/α-hetero) is 1. The second kappa shape index (κ2) is 8.49. The summed E-state index contributed by atoms with van der Waals surface area (Å²) in [4.78, 5) is 22.9. The molecule has 0 aromatic carbocycles. The predicted molar refractivity (Wildman–Crippen MR) is 113 cm³/mol. The smallest absolute Gasteiger partial charge is 0.193 e. The van der Waals surface area contributed by atoms with Gasteiger partial charge in [0, 0.05) is 31.3 Å². The van der Waals surface area contributed by atoms with Crippen molar-refractivity contribution in [1.29, 1.82) is 0 Å². The number of hydrogen-bond donors (Lipinski definition) is 0. The van der Waals surface area contributed by atoms with Gasteiger partial charge < -0.3 is 0 Å². The van der Waals surface area contributed by atoms with Crippen molar-refractivity contribution in [3.8, 4) is 5.82 Å². The van der Waals surface area contributed by atoms with Crippen molar-refractivity contribution in [3.63, 3.8) is 0 Å². The molecule has 0 bridgehead atoms. The van der Waals surface area contributed by atoms with Crippen molar-refractivity contribution >= 4 is 34.6 Å². The Hall–Kier alpha value is -2.84. The van der Waals surface area contributed by atoms with Crippen LogP contribution in [0.3, 0.4) is 0 Å². The summed E-state index contributed by atoms with van der Waals surface area (Å²) in [5, 5.41) is 13.1. The maximum Gasteiger partial charge on any atom is 0.193 e. The minimum Gasteiger partial charge on any atom is -0.299 e. The van der Waals surface area contributed by atoms with E-state index in [0.717, 1.165) is 23.2 Å². The van der Waals surface area contributed by atoms with Crippen molar-refractivity contribution in [2.75, 3.05) is 0 Å². The van der Waals surface area contributed by atoms with Gasteiger partial charge >= 0.3 is 0 Å². The van der Waals surface area contributed by atoms with Gasteiger partial charge in [0.15, 0.2) is 16.6 Å². The standard InChI is InChI=1S/C20H19Cl2N7O/c1-3-12(2)19-14(11-23-18-9-17(22)27-28(18)19)8-15(30)6-13-7-16(21)20(24-10-13)29-25-4-5-26-29/h4-5,7,9-12H,3,6,8H2,1-2H3. The van der Waals surface area contributed by atoms with Gasteiger partial charge in [-0.15, -0.1) is 4.80 Å². The summed E-state index contributed by atoms with van der Waals surface area (Å²) < 4.78 is 1.74. The molecule has 30 heavy (non-hydrogen) atoms. The molecule has 0 saturated heterocycles. The molecule has 0 saturated carbocycles.